The Kier molecular flexibility index (Phi) is 3.82. The molecule has 7 heteroatoms. The third-order valence-corrected chi connectivity index (χ3v) is 5.32. The predicted octanol–water partition coefficient (Wildman–Crippen LogP) is 1.74. The number of nitrogens with zero attached hydrogens (tertiary/aromatic N) is 1. The summed E-state index contributed by atoms with van der Waals surface area (Å²) < 4.78 is 36.5. The Morgan fingerprint density at radius 3 is 2.68 bits per heavy atom. The van der Waals surface area contributed by atoms with Gasteiger partial charge in [0.25, 0.3) is 5.91 Å². The van der Waals surface area contributed by atoms with Gasteiger partial charge in [0, 0.05) is 13.1 Å². The lowest BCUT2D eigenvalue weighted by Gasteiger charge is -2.24. The molecule has 1 saturated heterocycles. The SMILES string of the molecule is CN(C(=O)c1c(F)cccc1Cl)C1CCS(=O)(=O)C1. The molecular weight excluding hydrogens is 293 g/mol. The first-order chi connectivity index (χ1) is 8.82. The van der Waals surface area contributed by atoms with Crippen LogP contribution >= 0.6 is 11.6 Å². The number of amides is 1. The number of carbonyl (C=O) groups is 1. The second-order valence-electron chi connectivity index (χ2n) is 4.57. The highest BCUT2D eigenvalue weighted by Gasteiger charge is 2.34. The van der Waals surface area contributed by atoms with E-state index >= 15 is 0 Å². The Bertz CT molecular complexity index is 597. The Labute approximate surface area is 116 Å². The van der Waals surface area contributed by atoms with Crippen LogP contribution in [0, 0.1) is 5.82 Å². The Hall–Kier alpha value is -1.14. The molecule has 1 aromatic rings. The van der Waals surface area contributed by atoms with Gasteiger partial charge in [0.05, 0.1) is 22.1 Å². The Morgan fingerprint density at radius 1 is 1.47 bits per heavy atom. The average molecular weight is 306 g/mol. The summed E-state index contributed by atoms with van der Waals surface area (Å²) >= 11 is 5.83. The summed E-state index contributed by atoms with van der Waals surface area (Å²) in [5.74, 6) is -1.32. The summed E-state index contributed by atoms with van der Waals surface area (Å²) in [6.45, 7) is 0. The van der Waals surface area contributed by atoms with E-state index in [-0.39, 0.29) is 22.1 Å². The maximum atomic E-state index is 13.7. The van der Waals surface area contributed by atoms with Crippen molar-refractivity contribution in [3.63, 3.8) is 0 Å². The Morgan fingerprint density at radius 2 is 2.16 bits per heavy atom. The van der Waals surface area contributed by atoms with Crippen molar-refractivity contribution in [1.29, 1.82) is 0 Å². The summed E-state index contributed by atoms with van der Waals surface area (Å²) in [5.41, 5.74) is -0.212. The van der Waals surface area contributed by atoms with Gasteiger partial charge in [-0.1, -0.05) is 17.7 Å². The van der Waals surface area contributed by atoms with Crippen molar-refractivity contribution in [2.45, 2.75) is 12.5 Å². The van der Waals surface area contributed by atoms with E-state index in [1.165, 1.54) is 24.1 Å². The number of sulfone groups is 1. The van der Waals surface area contributed by atoms with Crippen molar-refractivity contribution >= 4 is 27.3 Å². The molecule has 1 aromatic carbocycles. The van der Waals surface area contributed by atoms with Crippen molar-refractivity contribution in [1.82, 2.24) is 4.90 Å². The van der Waals surface area contributed by atoms with Gasteiger partial charge in [-0.3, -0.25) is 4.79 Å². The monoisotopic (exact) mass is 305 g/mol. The molecule has 0 aliphatic carbocycles. The zero-order valence-corrected chi connectivity index (χ0v) is 11.8. The summed E-state index contributed by atoms with van der Waals surface area (Å²) in [4.78, 5) is 13.4. The van der Waals surface area contributed by atoms with Gasteiger partial charge in [-0.15, -0.1) is 0 Å². The van der Waals surface area contributed by atoms with E-state index in [0.717, 1.165) is 6.07 Å². The second kappa shape index (κ2) is 5.09. The zero-order chi connectivity index (χ0) is 14.2. The molecule has 0 spiro atoms. The molecule has 0 N–H and O–H groups in total. The molecule has 1 atom stereocenters. The lowest BCUT2D eigenvalue weighted by Crippen LogP contribution is -2.38. The smallest absolute Gasteiger partial charge is 0.258 e. The molecule has 2 rings (SSSR count). The molecule has 1 unspecified atom stereocenters. The number of halogens is 2. The van der Waals surface area contributed by atoms with Crippen LogP contribution in [-0.4, -0.2) is 43.8 Å². The predicted molar refractivity (Wildman–Crippen MR) is 70.6 cm³/mol. The molecule has 0 bridgehead atoms. The fraction of sp³-hybridized carbons (Fsp3) is 0.417. The van der Waals surface area contributed by atoms with Crippen LogP contribution in [0.1, 0.15) is 16.8 Å². The first-order valence-corrected chi connectivity index (χ1v) is 7.93. The van der Waals surface area contributed by atoms with Gasteiger partial charge in [0.15, 0.2) is 9.84 Å². The molecule has 1 fully saturated rings. The fourth-order valence-electron chi connectivity index (χ4n) is 2.13. The average Bonchev–Trinajstić information content (AvgIpc) is 2.68. The quantitative estimate of drug-likeness (QED) is 0.836. The van der Waals surface area contributed by atoms with Crippen LogP contribution in [0.15, 0.2) is 18.2 Å². The minimum absolute atomic E-state index is 0.0257. The van der Waals surface area contributed by atoms with E-state index in [0.29, 0.717) is 6.42 Å². The van der Waals surface area contributed by atoms with E-state index in [2.05, 4.69) is 0 Å². The minimum Gasteiger partial charge on any atom is -0.338 e. The third-order valence-electron chi connectivity index (χ3n) is 3.25. The van der Waals surface area contributed by atoms with Gasteiger partial charge in [0.2, 0.25) is 0 Å². The highest BCUT2D eigenvalue weighted by atomic mass is 35.5. The normalized spacial score (nSPS) is 21.3. The van der Waals surface area contributed by atoms with Crippen molar-refractivity contribution in [3.8, 4) is 0 Å². The van der Waals surface area contributed by atoms with Crippen LogP contribution in [0.3, 0.4) is 0 Å². The molecule has 4 nitrogen and oxygen atoms in total. The van der Waals surface area contributed by atoms with Crippen molar-refractivity contribution in [3.05, 3.63) is 34.6 Å². The van der Waals surface area contributed by atoms with Crippen LogP contribution in [-0.2, 0) is 9.84 Å². The highest BCUT2D eigenvalue weighted by Crippen LogP contribution is 2.24. The minimum atomic E-state index is -3.10. The number of rotatable bonds is 2. The van der Waals surface area contributed by atoms with Gasteiger partial charge in [-0.05, 0) is 18.6 Å². The lowest BCUT2D eigenvalue weighted by atomic mass is 10.1. The van der Waals surface area contributed by atoms with Crippen LogP contribution < -0.4 is 0 Å². The lowest BCUT2D eigenvalue weighted by molar-refractivity contribution is 0.0743. The first kappa shape index (κ1) is 14.3. The summed E-state index contributed by atoms with van der Waals surface area (Å²) in [5, 5.41) is 0.0257. The molecule has 0 aromatic heterocycles. The molecule has 0 saturated carbocycles. The van der Waals surface area contributed by atoms with E-state index in [1.807, 2.05) is 0 Å². The third kappa shape index (κ3) is 2.90. The molecule has 104 valence electrons. The van der Waals surface area contributed by atoms with Crippen molar-refractivity contribution in [2.75, 3.05) is 18.6 Å². The number of carbonyl (C=O) groups excluding carboxylic acids is 1. The maximum absolute atomic E-state index is 13.7. The number of hydrogen-bond donors (Lipinski definition) is 0. The van der Waals surface area contributed by atoms with Crippen LogP contribution in [0.5, 0.6) is 0 Å². The van der Waals surface area contributed by atoms with E-state index in [9.17, 15) is 17.6 Å². The van der Waals surface area contributed by atoms with Gasteiger partial charge in [-0.25, -0.2) is 12.8 Å². The van der Waals surface area contributed by atoms with Gasteiger partial charge in [0.1, 0.15) is 5.82 Å². The van der Waals surface area contributed by atoms with Crippen molar-refractivity contribution < 1.29 is 17.6 Å². The van der Waals surface area contributed by atoms with E-state index < -0.39 is 27.6 Å². The topological polar surface area (TPSA) is 54.5 Å². The molecule has 1 heterocycles. The summed E-state index contributed by atoms with van der Waals surface area (Å²) in [6, 6.07) is 3.57. The fourth-order valence-corrected chi connectivity index (χ4v) is 4.14. The van der Waals surface area contributed by atoms with Crippen LogP contribution in [0.2, 0.25) is 5.02 Å². The van der Waals surface area contributed by atoms with E-state index in [1.54, 1.807) is 0 Å². The molecule has 1 aliphatic heterocycles. The van der Waals surface area contributed by atoms with Crippen molar-refractivity contribution in [2.24, 2.45) is 0 Å². The second-order valence-corrected chi connectivity index (χ2v) is 7.21. The molecular formula is C12H13ClFNO3S. The number of hydrogen-bond acceptors (Lipinski definition) is 3. The molecule has 19 heavy (non-hydrogen) atoms. The van der Waals surface area contributed by atoms with Crippen LogP contribution in [0.25, 0.3) is 0 Å². The highest BCUT2D eigenvalue weighted by molar-refractivity contribution is 7.91. The van der Waals surface area contributed by atoms with Gasteiger partial charge >= 0.3 is 0 Å². The van der Waals surface area contributed by atoms with Gasteiger partial charge in [-0.2, -0.15) is 0 Å². The largest absolute Gasteiger partial charge is 0.338 e. The summed E-state index contributed by atoms with van der Waals surface area (Å²) in [6.07, 6.45) is 0.372. The number of benzene rings is 1. The van der Waals surface area contributed by atoms with E-state index in [4.69, 9.17) is 11.6 Å². The summed E-state index contributed by atoms with van der Waals surface area (Å²) in [7, 11) is -1.63. The molecule has 0 radical (unpaired) electrons. The zero-order valence-electron chi connectivity index (χ0n) is 10.3. The standard InChI is InChI=1S/C12H13ClFNO3S/c1-15(8-5-6-19(17,18)7-8)12(16)11-9(13)3-2-4-10(11)14/h2-4,8H,5-7H2,1H3. The Balaban J connectivity index is 2.25. The van der Waals surface area contributed by atoms with Crippen LogP contribution in [0.4, 0.5) is 4.39 Å². The molecule has 1 amide bonds. The molecule has 1 aliphatic rings. The van der Waals surface area contributed by atoms with Gasteiger partial charge < -0.3 is 4.90 Å². The first-order valence-electron chi connectivity index (χ1n) is 5.73. The maximum Gasteiger partial charge on any atom is 0.258 e.